The second kappa shape index (κ2) is 4.93. The van der Waals surface area contributed by atoms with Crippen LogP contribution in [0.15, 0.2) is 46.9 Å². The van der Waals surface area contributed by atoms with E-state index in [0.29, 0.717) is 11.5 Å². The van der Waals surface area contributed by atoms with Gasteiger partial charge in [0.25, 0.3) is 0 Å². The summed E-state index contributed by atoms with van der Waals surface area (Å²) in [6, 6.07) is 12.4. The van der Waals surface area contributed by atoms with Crippen LogP contribution >= 0.6 is 27.5 Å². The quantitative estimate of drug-likeness (QED) is 0.510. The number of halogens is 2. The Bertz CT molecular complexity index is 1010. The molecule has 0 aliphatic carbocycles. The number of aromatic hydroxyl groups is 1. The Morgan fingerprint density at radius 3 is 2.59 bits per heavy atom. The van der Waals surface area contributed by atoms with E-state index in [1.165, 1.54) is 4.52 Å². The van der Waals surface area contributed by atoms with Crippen LogP contribution in [0.2, 0.25) is 5.28 Å². The third kappa shape index (κ3) is 2.12. The molecule has 0 spiro atoms. The van der Waals surface area contributed by atoms with Crippen LogP contribution in [0.3, 0.4) is 0 Å². The number of benzene rings is 2. The van der Waals surface area contributed by atoms with Gasteiger partial charge in [0.2, 0.25) is 5.28 Å². The fraction of sp³-hybridized carbons (Fsp3) is 0. The van der Waals surface area contributed by atoms with Crippen molar-refractivity contribution in [3.05, 3.63) is 52.2 Å². The van der Waals surface area contributed by atoms with E-state index in [1.807, 2.05) is 18.2 Å². The van der Waals surface area contributed by atoms with Crippen molar-refractivity contribution in [3.8, 4) is 17.1 Å². The van der Waals surface area contributed by atoms with Gasteiger partial charge in [0.05, 0.1) is 5.52 Å². The molecular weight excluding hydrogens is 368 g/mol. The van der Waals surface area contributed by atoms with Gasteiger partial charge in [0.1, 0.15) is 5.75 Å². The summed E-state index contributed by atoms with van der Waals surface area (Å²) in [7, 11) is 0. The molecule has 7 heteroatoms. The zero-order valence-corrected chi connectivity index (χ0v) is 13.4. The van der Waals surface area contributed by atoms with E-state index in [-0.39, 0.29) is 11.0 Å². The molecule has 4 rings (SSSR count). The molecule has 1 N–H and O–H groups in total. The average molecular weight is 376 g/mol. The maximum Gasteiger partial charge on any atom is 0.226 e. The summed E-state index contributed by atoms with van der Waals surface area (Å²) in [5.41, 5.74) is 2.19. The molecule has 4 aromatic rings. The summed E-state index contributed by atoms with van der Waals surface area (Å²) in [4.78, 5) is 8.90. The maximum atomic E-state index is 9.37. The van der Waals surface area contributed by atoms with Crippen LogP contribution < -0.4 is 0 Å². The van der Waals surface area contributed by atoms with Crippen molar-refractivity contribution in [3.63, 3.8) is 0 Å². The Morgan fingerprint density at radius 2 is 1.82 bits per heavy atom. The minimum Gasteiger partial charge on any atom is -0.508 e. The van der Waals surface area contributed by atoms with Crippen LogP contribution in [0.25, 0.3) is 27.9 Å². The molecule has 0 aliphatic rings. The molecule has 0 bridgehead atoms. The molecule has 2 aromatic carbocycles. The molecule has 0 saturated carbocycles. The molecule has 0 atom stereocenters. The molecule has 0 radical (unpaired) electrons. The van der Waals surface area contributed by atoms with Crippen molar-refractivity contribution in [2.75, 3.05) is 0 Å². The topological polar surface area (TPSA) is 63.3 Å². The summed E-state index contributed by atoms with van der Waals surface area (Å²) in [6.45, 7) is 0. The lowest BCUT2D eigenvalue weighted by Gasteiger charge is -2.01. The Balaban J connectivity index is 2.02. The SMILES string of the molecule is Oc1ccc(-c2nc3c4ccc(Br)cc4nc(Cl)n3n2)cc1. The van der Waals surface area contributed by atoms with Gasteiger partial charge in [-0.3, -0.25) is 0 Å². The van der Waals surface area contributed by atoms with Crippen molar-refractivity contribution in [1.82, 2.24) is 19.6 Å². The normalized spacial score (nSPS) is 11.4. The van der Waals surface area contributed by atoms with E-state index >= 15 is 0 Å². The zero-order chi connectivity index (χ0) is 15.3. The molecule has 2 aromatic heterocycles. The van der Waals surface area contributed by atoms with E-state index in [4.69, 9.17) is 11.6 Å². The van der Waals surface area contributed by atoms with Gasteiger partial charge in [-0.25, -0.2) is 9.97 Å². The van der Waals surface area contributed by atoms with Crippen LogP contribution in [0.5, 0.6) is 5.75 Å². The smallest absolute Gasteiger partial charge is 0.226 e. The summed E-state index contributed by atoms with van der Waals surface area (Å²) >= 11 is 9.63. The van der Waals surface area contributed by atoms with Gasteiger partial charge in [0.15, 0.2) is 11.5 Å². The Morgan fingerprint density at radius 1 is 1.05 bits per heavy atom. The highest BCUT2D eigenvalue weighted by Crippen LogP contribution is 2.26. The van der Waals surface area contributed by atoms with Crippen LogP contribution in [-0.2, 0) is 0 Å². The number of phenolic OH excluding ortho intramolecular Hbond substituents is 1. The number of nitrogens with zero attached hydrogens (tertiary/aromatic N) is 4. The highest BCUT2D eigenvalue weighted by Gasteiger charge is 2.13. The monoisotopic (exact) mass is 374 g/mol. The second-order valence-electron chi connectivity index (χ2n) is 4.76. The van der Waals surface area contributed by atoms with Crippen LogP contribution in [0.4, 0.5) is 0 Å². The number of rotatable bonds is 1. The lowest BCUT2D eigenvalue weighted by molar-refractivity contribution is 0.475. The van der Waals surface area contributed by atoms with Gasteiger partial charge in [-0.05, 0) is 54.1 Å². The van der Waals surface area contributed by atoms with E-state index < -0.39 is 0 Å². The third-order valence-corrected chi connectivity index (χ3v) is 4.06. The average Bonchev–Trinajstić information content (AvgIpc) is 2.93. The molecule has 0 amide bonds. The van der Waals surface area contributed by atoms with E-state index in [2.05, 4.69) is 31.0 Å². The minimum absolute atomic E-state index is 0.197. The van der Waals surface area contributed by atoms with Gasteiger partial charge in [-0.15, -0.1) is 5.10 Å². The number of fused-ring (bicyclic) bond motifs is 3. The van der Waals surface area contributed by atoms with Crippen molar-refractivity contribution >= 4 is 44.1 Å². The highest BCUT2D eigenvalue weighted by atomic mass is 79.9. The van der Waals surface area contributed by atoms with Crippen molar-refractivity contribution in [2.45, 2.75) is 0 Å². The van der Waals surface area contributed by atoms with Crippen LogP contribution in [-0.4, -0.2) is 24.7 Å². The summed E-state index contributed by atoms with van der Waals surface area (Å²) in [5, 5.41) is 14.9. The number of aromatic nitrogens is 4. The number of hydrogen-bond acceptors (Lipinski definition) is 4. The first-order valence-corrected chi connectivity index (χ1v) is 7.60. The number of phenols is 1. The minimum atomic E-state index is 0.197. The number of hydrogen-bond donors (Lipinski definition) is 1. The fourth-order valence-electron chi connectivity index (χ4n) is 2.28. The Kier molecular flexibility index (Phi) is 3.02. The van der Waals surface area contributed by atoms with Gasteiger partial charge in [-0.1, -0.05) is 15.9 Å². The molecule has 0 unspecified atom stereocenters. The lowest BCUT2D eigenvalue weighted by atomic mass is 10.2. The van der Waals surface area contributed by atoms with Crippen molar-refractivity contribution in [2.24, 2.45) is 0 Å². The first-order chi connectivity index (χ1) is 10.6. The maximum absolute atomic E-state index is 9.37. The van der Waals surface area contributed by atoms with Crippen molar-refractivity contribution < 1.29 is 5.11 Å². The van der Waals surface area contributed by atoms with Gasteiger partial charge in [0, 0.05) is 15.4 Å². The summed E-state index contributed by atoms with van der Waals surface area (Å²) < 4.78 is 2.44. The molecule has 5 nitrogen and oxygen atoms in total. The van der Waals surface area contributed by atoms with E-state index in [0.717, 1.165) is 20.9 Å². The predicted molar refractivity (Wildman–Crippen MR) is 88.1 cm³/mol. The van der Waals surface area contributed by atoms with Crippen LogP contribution in [0, 0.1) is 0 Å². The fourth-order valence-corrected chi connectivity index (χ4v) is 2.84. The van der Waals surface area contributed by atoms with Crippen LogP contribution in [0.1, 0.15) is 0 Å². The first kappa shape index (κ1) is 13.5. The third-order valence-electron chi connectivity index (χ3n) is 3.32. The van der Waals surface area contributed by atoms with E-state index in [1.54, 1.807) is 24.3 Å². The molecule has 0 saturated heterocycles. The standard InChI is InChI=1S/C15H8BrClN4O/c16-9-3-6-11-12(7-9)18-15(17)21-14(11)19-13(20-21)8-1-4-10(22)5-2-8/h1-7,22H. The molecule has 0 aliphatic heterocycles. The molecule has 108 valence electrons. The first-order valence-electron chi connectivity index (χ1n) is 6.43. The second-order valence-corrected chi connectivity index (χ2v) is 6.01. The largest absolute Gasteiger partial charge is 0.508 e. The van der Waals surface area contributed by atoms with Gasteiger partial charge in [-0.2, -0.15) is 4.52 Å². The summed E-state index contributed by atoms with van der Waals surface area (Å²) in [6.07, 6.45) is 0. The van der Waals surface area contributed by atoms with Crippen molar-refractivity contribution in [1.29, 1.82) is 0 Å². The zero-order valence-electron chi connectivity index (χ0n) is 11.0. The predicted octanol–water partition coefficient (Wildman–Crippen LogP) is 4.07. The Labute approximate surface area is 138 Å². The molecule has 0 fully saturated rings. The molecule has 22 heavy (non-hydrogen) atoms. The summed E-state index contributed by atoms with van der Waals surface area (Å²) in [5.74, 6) is 0.724. The Hall–Kier alpha value is -2.18. The van der Waals surface area contributed by atoms with Gasteiger partial charge >= 0.3 is 0 Å². The highest BCUT2D eigenvalue weighted by molar-refractivity contribution is 9.10. The molecule has 2 heterocycles. The lowest BCUT2D eigenvalue weighted by Crippen LogP contribution is -1.94. The van der Waals surface area contributed by atoms with Gasteiger partial charge < -0.3 is 5.11 Å². The van der Waals surface area contributed by atoms with E-state index in [9.17, 15) is 5.11 Å². The molecular formula is C15H8BrClN4O.